The number of para-hydroxylation sites is 1. The van der Waals surface area contributed by atoms with Gasteiger partial charge in [-0.15, -0.1) is 0 Å². The van der Waals surface area contributed by atoms with Gasteiger partial charge in [0.05, 0.1) is 28.2 Å². The molecule has 0 radical (unpaired) electrons. The monoisotopic (exact) mass is 252 g/mol. The van der Waals surface area contributed by atoms with Crippen molar-refractivity contribution in [3.63, 3.8) is 0 Å². The van der Waals surface area contributed by atoms with Gasteiger partial charge in [-0.25, -0.2) is 0 Å². The predicted molar refractivity (Wildman–Crippen MR) is 70.6 cm³/mol. The molecular weight excluding hydrogens is 240 g/mol. The number of carbonyl (C=O) groups is 1. The molecule has 0 fully saturated rings. The minimum Gasteiger partial charge on any atom is -0.321 e. The van der Waals surface area contributed by atoms with E-state index in [2.05, 4.69) is 15.5 Å². The molecule has 2 rings (SSSR count). The van der Waals surface area contributed by atoms with E-state index in [1.165, 1.54) is 0 Å². The Morgan fingerprint density at radius 2 is 2.00 bits per heavy atom. The van der Waals surface area contributed by atoms with Crippen molar-refractivity contribution in [2.75, 3.05) is 5.32 Å². The third-order valence-electron chi connectivity index (χ3n) is 2.64. The van der Waals surface area contributed by atoms with Crippen molar-refractivity contribution in [2.45, 2.75) is 13.8 Å². The first kappa shape index (κ1) is 12.7. The fourth-order valence-electron chi connectivity index (χ4n) is 1.66. The molecule has 0 atom stereocenters. The highest BCUT2D eigenvalue weighted by Gasteiger charge is 2.12. The lowest BCUT2D eigenvalue weighted by Gasteiger charge is -2.08. The van der Waals surface area contributed by atoms with E-state index in [1.54, 1.807) is 44.2 Å². The molecule has 0 spiro atoms. The van der Waals surface area contributed by atoms with E-state index in [9.17, 15) is 4.79 Å². The van der Waals surface area contributed by atoms with Crippen LogP contribution in [0.4, 0.5) is 5.69 Å². The Morgan fingerprint density at radius 3 is 2.74 bits per heavy atom. The molecule has 5 heteroatoms. The molecule has 0 bridgehead atoms. The van der Waals surface area contributed by atoms with Crippen LogP contribution < -0.4 is 5.32 Å². The van der Waals surface area contributed by atoms with Crippen LogP contribution in [0, 0.1) is 25.2 Å². The molecule has 0 aliphatic heterocycles. The van der Waals surface area contributed by atoms with E-state index in [4.69, 9.17) is 5.26 Å². The third kappa shape index (κ3) is 2.75. The zero-order valence-electron chi connectivity index (χ0n) is 10.6. The first-order valence-corrected chi connectivity index (χ1v) is 5.73. The van der Waals surface area contributed by atoms with Crippen LogP contribution in [0.1, 0.15) is 27.3 Å². The Bertz CT molecular complexity index is 673. The Hall–Kier alpha value is -2.74. The van der Waals surface area contributed by atoms with Gasteiger partial charge in [-0.2, -0.15) is 15.5 Å². The highest BCUT2D eigenvalue weighted by molar-refractivity contribution is 6.05. The van der Waals surface area contributed by atoms with Crippen molar-refractivity contribution in [1.82, 2.24) is 10.2 Å². The molecule has 19 heavy (non-hydrogen) atoms. The second kappa shape index (κ2) is 5.27. The number of aromatic nitrogens is 2. The standard InChI is InChI=1S/C14H12N4O/c1-9-7-12(10(2)18-17-9)14(19)16-13-6-4-3-5-11(13)8-15/h3-7H,1-2H3,(H,16,19). The molecule has 1 aromatic heterocycles. The Balaban J connectivity index is 2.31. The summed E-state index contributed by atoms with van der Waals surface area (Å²) in [5.74, 6) is -0.293. The van der Waals surface area contributed by atoms with Gasteiger partial charge in [-0.1, -0.05) is 12.1 Å². The zero-order chi connectivity index (χ0) is 13.8. The fraction of sp³-hybridized carbons (Fsp3) is 0.143. The molecule has 0 aliphatic rings. The number of anilines is 1. The number of aryl methyl sites for hydroxylation is 2. The zero-order valence-corrected chi connectivity index (χ0v) is 10.6. The summed E-state index contributed by atoms with van der Waals surface area (Å²) in [5, 5.41) is 19.5. The maximum atomic E-state index is 12.2. The molecule has 0 aliphatic carbocycles. The summed E-state index contributed by atoms with van der Waals surface area (Å²) in [6, 6.07) is 10.6. The number of nitrogens with zero attached hydrogens (tertiary/aromatic N) is 3. The first-order chi connectivity index (χ1) is 9.11. The van der Waals surface area contributed by atoms with Crippen molar-refractivity contribution in [3.8, 4) is 6.07 Å². The normalized spacial score (nSPS) is 9.74. The smallest absolute Gasteiger partial charge is 0.257 e. The number of nitriles is 1. The molecule has 94 valence electrons. The third-order valence-corrected chi connectivity index (χ3v) is 2.64. The molecule has 0 saturated heterocycles. The molecular formula is C14H12N4O. The Labute approximate surface area is 110 Å². The van der Waals surface area contributed by atoms with Gasteiger partial charge in [0.15, 0.2) is 0 Å². The van der Waals surface area contributed by atoms with E-state index in [0.717, 1.165) is 0 Å². The van der Waals surface area contributed by atoms with Gasteiger partial charge in [0.25, 0.3) is 5.91 Å². The van der Waals surface area contributed by atoms with Crippen molar-refractivity contribution in [3.05, 3.63) is 52.8 Å². The highest BCUT2D eigenvalue weighted by atomic mass is 16.1. The molecule has 1 N–H and O–H groups in total. The van der Waals surface area contributed by atoms with Gasteiger partial charge in [0, 0.05) is 0 Å². The minimum atomic E-state index is -0.293. The number of benzene rings is 1. The topological polar surface area (TPSA) is 78.7 Å². The number of nitrogens with one attached hydrogen (secondary N) is 1. The van der Waals surface area contributed by atoms with Gasteiger partial charge < -0.3 is 5.32 Å². The van der Waals surface area contributed by atoms with E-state index < -0.39 is 0 Å². The lowest BCUT2D eigenvalue weighted by atomic mass is 10.1. The highest BCUT2D eigenvalue weighted by Crippen LogP contribution is 2.15. The first-order valence-electron chi connectivity index (χ1n) is 5.73. The van der Waals surface area contributed by atoms with E-state index in [1.807, 2.05) is 6.07 Å². The summed E-state index contributed by atoms with van der Waals surface area (Å²) < 4.78 is 0. The maximum Gasteiger partial charge on any atom is 0.257 e. The second-order valence-electron chi connectivity index (χ2n) is 4.10. The quantitative estimate of drug-likeness (QED) is 0.888. The number of hydrogen-bond acceptors (Lipinski definition) is 4. The van der Waals surface area contributed by atoms with Crippen LogP contribution in [0.25, 0.3) is 0 Å². The summed E-state index contributed by atoms with van der Waals surface area (Å²) in [6.07, 6.45) is 0. The maximum absolute atomic E-state index is 12.2. The van der Waals surface area contributed by atoms with Crippen LogP contribution in [0.15, 0.2) is 30.3 Å². The van der Waals surface area contributed by atoms with Crippen LogP contribution in [-0.4, -0.2) is 16.1 Å². The van der Waals surface area contributed by atoms with Crippen molar-refractivity contribution in [1.29, 1.82) is 5.26 Å². The number of rotatable bonds is 2. The van der Waals surface area contributed by atoms with Gasteiger partial charge in [0.1, 0.15) is 6.07 Å². The Kier molecular flexibility index (Phi) is 3.53. The average Bonchev–Trinajstić information content (AvgIpc) is 2.42. The van der Waals surface area contributed by atoms with Gasteiger partial charge in [-0.05, 0) is 32.0 Å². The summed E-state index contributed by atoms with van der Waals surface area (Å²) in [7, 11) is 0. The SMILES string of the molecule is Cc1cc(C(=O)Nc2ccccc2C#N)c(C)nn1. The molecule has 5 nitrogen and oxygen atoms in total. The summed E-state index contributed by atoms with van der Waals surface area (Å²) in [5.41, 5.74) is 2.60. The molecule has 0 saturated carbocycles. The minimum absolute atomic E-state index is 0.293. The molecule has 0 unspecified atom stereocenters. The van der Waals surface area contributed by atoms with Gasteiger partial charge in [0.2, 0.25) is 0 Å². The number of hydrogen-bond donors (Lipinski definition) is 1. The van der Waals surface area contributed by atoms with Crippen LogP contribution in [0.2, 0.25) is 0 Å². The van der Waals surface area contributed by atoms with Crippen molar-refractivity contribution < 1.29 is 4.79 Å². The van der Waals surface area contributed by atoms with Crippen molar-refractivity contribution >= 4 is 11.6 Å². The largest absolute Gasteiger partial charge is 0.321 e. The number of carbonyl (C=O) groups excluding carboxylic acids is 1. The van der Waals surface area contributed by atoms with Crippen LogP contribution in [-0.2, 0) is 0 Å². The predicted octanol–water partition coefficient (Wildman–Crippen LogP) is 2.22. The Morgan fingerprint density at radius 1 is 1.26 bits per heavy atom. The van der Waals surface area contributed by atoms with Gasteiger partial charge in [-0.3, -0.25) is 4.79 Å². The van der Waals surface area contributed by atoms with Crippen LogP contribution >= 0.6 is 0 Å². The lowest BCUT2D eigenvalue weighted by Crippen LogP contribution is -2.15. The van der Waals surface area contributed by atoms with E-state index in [-0.39, 0.29) is 5.91 Å². The van der Waals surface area contributed by atoms with Crippen molar-refractivity contribution in [2.24, 2.45) is 0 Å². The number of amides is 1. The van der Waals surface area contributed by atoms with Crippen LogP contribution in [0.3, 0.4) is 0 Å². The summed E-state index contributed by atoms with van der Waals surface area (Å²) in [4.78, 5) is 12.2. The van der Waals surface area contributed by atoms with E-state index in [0.29, 0.717) is 28.2 Å². The molecule has 2 aromatic rings. The second-order valence-corrected chi connectivity index (χ2v) is 4.10. The molecule has 1 aromatic carbocycles. The van der Waals surface area contributed by atoms with Gasteiger partial charge >= 0.3 is 0 Å². The lowest BCUT2D eigenvalue weighted by molar-refractivity contribution is 0.102. The van der Waals surface area contributed by atoms with E-state index >= 15 is 0 Å². The molecule has 1 amide bonds. The molecule has 1 heterocycles. The fourth-order valence-corrected chi connectivity index (χ4v) is 1.66. The summed E-state index contributed by atoms with van der Waals surface area (Å²) in [6.45, 7) is 3.49. The van der Waals surface area contributed by atoms with Crippen LogP contribution in [0.5, 0.6) is 0 Å². The average molecular weight is 252 g/mol. The summed E-state index contributed by atoms with van der Waals surface area (Å²) >= 11 is 0.